The first kappa shape index (κ1) is 17.9. The molecule has 0 saturated heterocycles. The Morgan fingerprint density at radius 1 is 1.12 bits per heavy atom. The normalized spacial score (nSPS) is 14.0. The number of rotatable bonds is 5. The SMILES string of the molecule is C[C@H](NC(=O)CCc1ccc(Cl)cc1Cl)c1ccc2c(c1)OCCO2. The van der Waals surface area contributed by atoms with Crippen molar-refractivity contribution in [2.24, 2.45) is 0 Å². The van der Waals surface area contributed by atoms with Gasteiger partial charge >= 0.3 is 0 Å². The van der Waals surface area contributed by atoms with Gasteiger partial charge in [0.15, 0.2) is 11.5 Å². The predicted octanol–water partition coefficient (Wildman–Crippen LogP) is 4.57. The standard InChI is InChI=1S/C19H19Cl2NO3/c1-12(14-3-6-17-18(10-14)25-9-8-24-17)22-19(23)7-4-13-2-5-15(20)11-16(13)21/h2-3,5-6,10-12H,4,7-9H2,1H3,(H,22,23)/t12-/m0/s1. The zero-order valence-corrected chi connectivity index (χ0v) is 15.4. The van der Waals surface area contributed by atoms with Crippen LogP contribution in [-0.2, 0) is 11.2 Å². The zero-order valence-electron chi connectivity index (χ0n) is 13.9. The summed E-state index contributed by atoms with van der Waals surface area (Å²) in [5, 5.41) is 4.17. The van der Waals surface area contributed by atoms with Crippen molar-refractivity contribution in [3.05, 3.63) is 57.6 Å². The maximum atomic E-state index is 12.2. The molecule has 1 amide bonds. The number of hydrogen-bond acceptors (Lipinski definition) is 3. The van der Waals surface area contributed by atoms with E-state index < -0.39 is 0 Å². The highest BCUT2D eigenvalue weighted by molar-refractivity contribution is 6.35. The lowest BCUT2D eigenvalue weighted by Gasteiger charge is -2.21. The fourth-order valence-electron chi connectivity index (χ4n) is 2.70. The highest BCUT2D eigenvalue weighted by Crippen LogP contribution is 2.32. The smallest absolute Gasteiger partial charge is 0.220 e. The summed E-state index contributed by atoms with van der Waals surface area (Å²) < 4.78 is 11.1. The van der Waals surface area contributed by atoms with Crippen LogP contribution in [0.2, 0.25) is 10.0 Å². The number of carbonyl (C=O) groups is 1. The molecule has 2 aromatic carbocycles. The number of nitrogens with one attached hydrogen (secondary N) is 1. The van der Waals surface area contributed by atoms with E-state index in [1.54, 1.807) is 12.1 Å². The number of hydrogen-bond donors (Lipinski definition) is 1. The molecule has 0 aliphatic carbocycles. The average molecular weight is 380 g/mol. The minimum Gasteiger partial charge on any atom is -0.486 e. The molecule has 132 valence electrons. The summed E-state index contributed by atoms with van der Waals surface area (Å²) in [5.74, 6) is 1.43. The molecule has 0 bridgehead atoms. The largest absolute Gasteiger partial charge is 0.486 e. The molecule has 1 heterocycles. The summed E-state index contributed by atoms with van der Waals surface area (Å²) in [4.78, 5) is 12.2. The van der Waals surface area contributed by atoms with Crippen molar-refractivity contribution in [2.45, 2.75) is 25.8 Å². The van der Waals surface area contributed by atoms with Gasteiger partial charge in [0.25, 0.3) is 0 Å². The van der Waals surface area contributed by atoms with Crippen LogP contribution in [0, 0.1) is 0 Å². The Balaban J connectivity index is 1.57. The summed E-state index contributed by atoms with van der Waals surface area (Å²) >= 11 is 12.0. The third-order valence-corrected chi connectivity index (χ3v) is 4.67. The first-order valence-electron chi connectivity index (χ1n) is 8.16. The van der Waals surface area contributed by atoms with E-state index in [9.17, 15) is 4.79 Å². The minimum absolute atomic E-state index is 0.0339. The molecule has 0 aromatic heterocycles. The van der Waals surface area contributed by atoms with Crippen LogP contribution in [0.15, 0.2) is 36.4 Å². The van der Waals surface area contributed by atoms with Crippen LogP contribution in [0.5, 0.6) is 11.5 Å². The Kier molecular flexibility index (Phi) is 5.71. The summed E-state index contributed by atoms with van der Waals surface area (Å²) in [6.45, 7) is 3.05. The lowest BCUT2D eigenvalue weighted by molar-refractivity contribution is -0.121. The van der Waals surface area contributed by atoms with Gasteiger partial charge in [0.2, 0.25) is 5.91 Å². The molecule has 25 heavy (non-hydrogen) atoms. The number of aryl methyl sites for hydroxylation is 1. The lowest BCUT2D eigenvalue weighted by Crippen LogP contribution is -2.27. The van der Waals surface area contributed by atoms with Gasteiger partial charge < -0.3 is 14.8 Å². The number of ether oxygens (including phenoxy) is 2. The van der Waals surface area contributed by atoms with E-state index in [4.69, 9.17) is 32.7 Å². The molecule has 1 aliphatic rings. The topological polar surface area (TPSA) is 47.6 Å². The Bertz CT molecular complexity index is 779. The van der Waals surface area contributed by atoms with E-state index in [-0.39, 0.29) is 11.9 Å². The number of benzene rings is 2. The van der Waals surface area contributed by atoms with Gasteiger partial charge in [0.1, 0.15) is 13.2 Å². The van der Waals surface area contributed by atoms with Crippen LogP contribution in [0.25, 0.3) is 0 Å². The second-order valence-corrected chi connectivity index (χ2v) is 6.77. The van der Waals surface area contributed by atoms with E-state index >= 15 is 0 Å². The van der Waals surface area contributed by atoms with Gasteiger partial charge in [-0.05, 0) is 48.7 Å². The second kappa shape index (κ2) is 7.98. The van der Waals surface area contributed by atoms with Crippen molar-refractivity contribution < 1.29 is 14.3 Å². The molecule has 0 saturated carbocycles. The maximum absolute atomic E-state index is 12.2. The van der Waals surface area contributed by atoms with Crippen molar-refractivity contribution >= 4 is 29.1 Å². The lowest BCUT2D eigenvalue weighted by atomic mass is 10.1. The molecule has 6 heteroatoms. The third kappa shape index (κ3) is 4.59. The molecule has 0 spiro atoms. The Labute approximate surface area is 157 Å². The number of fused-ring (bicyclic) bond motifs is 1. The molecule has 1 N–H and O–H groups in total. The zero-order chi connectivity index (χ0) is 17.8. The summed E-state index contributed by atoms with van der Waals surface area (Å²) in [5.41, 5.74) is 1.88. The van der Waals surface area contributed by atoms with E-state index in [2.05, 4.69) is 5.32 Å². The summed E-state index contributed by atoms with van der Waals surface area (Å²) in [7, 11) is 0. The highest BCUT2D eigenvalue weighted by atomic mass is 35.5. The van der Waals surface area contributed by atoms with Crippen molar-refractivity contribution in [2.75, 3.05) is 13.2 Å². The van der Waals surface area contributed by atoms with Crippen molar-refractivity contribution in [3.8, 4) is 11.5 Å². The summed E-state index contributed by atoms with van der Waals surface area (Å²) in [6, 6.07) is 10.9. The van der Waals surface area contributed by atoms with Crippen molar-refractivity contribution in [1.29, 1.82) is 0 Å². The highest BCUT2D eigenvalue weighted by Gasteiger charge is 2.16. The predicted molar refractivity (Wildman–Crippen MR) is 98.8 cm³/mol. The van der Waals surface area contributed by atoms with Gasteiger partial charge in [-0.1, -0.05) is 35.3 Å². The molecule has 4 nitrogen and oxygen atoms in total. The van der Waals surface area contributed by atoms with Crippen molar-refractivity contribution in [1.82, 2.24) is 5.32 Å². The Hall–Kier alpha value is -1.91. The van der Waals surface area contributed by atoms with Gasteiger partial charge in [-0.3, -0.25) is 4.79 Å². The number of halogens is 2. The van der Waals surface area contributed by atoms with Crippen LogP contribution in [0.4, 0.5) is 0 Å². The molecule has 0 radical (unpaired) electrons. The molecule has 1 aliphatic heterocycles. The van der Waals surface area contributed by atoms with Crippen LogP contribution >= 0.6 is 23.2 Å². The van der Waals surface area contributed by atoms with Crippen LogP contribution in [-0.4, -0.2) is 19.1 Å². The van der Waals surface area contributed by atoms with Gasteiger partial charge in [0, 0.05) is 16.5 Å². The van der Waals surface area contributed by atoms with Gasteiger partial charge in [-0.15, -0.1) is 0 Å². The fraction of sp³-hybridized carbons (Fsp3) is 0.316. The Morgan fingerprint density at radius 3 is 2.64 bits per heavy atom. The monoisotopic (exact) mass is 379 g/mol. The number of amides is 1. The quantitative estimate of drug-likeness (QED) is 0.827. The molecule has 2 aromatic rings. The molecule has 1 atom stereocenters. The molecule has 3 rings (SSSR count). The second-order valence-electron chi connectivity index (χ2n) is 5.93. The van der Waals surface area contributed by atoms with Crippen LogP contribution < -0.4 is 14.8 Å². The molecular formula is C19H19Cl2NO3. The molecular weight excluding hydrogens is 361 g/mol. The van der Waals surface area contributed by atoms with E-state index in [1.165, 1.54) is 0 Å². The summed E-state index contributed by atoms with van der Waals surface area (Å²) in [6.07, 6.45) is 0.923. The first-order valence-corrected chi connectivity index (χ1v) is 8.91. The van der Waals surface area contributed by atoms with Crippen LogP contribution in [0.3, 0.4) is 0 Å². The molecule has 0 unspecified atom stereocenters. The van der Waals surface area contributed by atoms with Crippen LogP contribution in [0.1, 0.15) is 30.5 Å². The first-order chi connectivity index (χ1) is 12.0. The molecule has 0 fully saturated rings. The van der Waals surface area contributed by atoms with Gasteiger partial charge in [0.05, 0.1) is 6.04 Å². The van der Waals surface area contributed by atoms with Gasteiger partial charge in [-0.2, -0.15) is 0 Å². The Morgan fingerprint density at radius 2 is 1.88 bits per heavy atom. The third-order valence-electron chi connectivity index (χ3n) is 4.08. The average Bonchev–Trinajstić information content (AvgIpc) is 2.60. The number of carbonyl (C=O) groups excluding carboxylic acids is 1. The maximum Gasteiger partial charge on any atom is 0.220 e. The van der Waals surface area contributed by atoms with E-state index in [0.29, 0.717) is 36.1 Å². The fourth-order valence-corrected chi connectivity index (χ4v) is 3.20. The minimum atomic E-state index is -0.121. The van der Waals surface area contributed by atoms with Gasteiger partial charge in [-0.25, -0.2) is 0 Å². The van der Waals surface area contributed by atoms with E-state index in [1.807, 2.05) is 31.2 Å². The van der Waals surface area contributed by atoms with Crippen molar-refractivity contribution in [3.63, 3.8) is 0 Å². The van der Waals surface area contributed by atoms with E-state index in [0.717, 1.165) is 22.6 Å².